The Morgan fingerprint density at radius 3 is 2.52 bits per heavy atom. The van der Waals surface area contributed by atoms with Gasteiger partial charge in [0.05, 0.1) is 0 Å². The molecule has 0 heterocycles. The number of ether oxygens (including phenoxy) is 1. The first-order valence-corrected chi connectivity index (χ1v) is 11.3. The summed E-state index contributed by atoms with van der Waals surface area (Å²) in [6, 6.07) is 15.3. The Morgan fingerprint density at radius 2 is 1.84 bits per heavy atom. The van der Waals surface area contributed by atoms with Gasteiger partial charge in [0.2, 0.25) is 5.91 Å². The summed E-state index contributed by atoms with van der Waals surface area (Å²) >= 11 is 0. The van der Waals surface area contributed by atoms with Gasteiger partial charge in [-0.05, 0) is 61.9 Å². The number of hydrogen-bond acceptors (Lipinski definition) is 3. The highest BCUT2D eigenvalue weighted by molar-refractivity contribution is 5.88. The lowest BCUT2D eigenvalue weighted by atomic mass is 10.1. The molecule has 0 spiro atoms. The molecule has 0 bridgehead atoms. The first-order chi connectivity index (χ1) is 15.0. The van der Waals surface area contributed by atoms with E-state index < -0.39 is 6.04 Å². The Bertz CT molecular complexity index is 890. The van der Waals surface area contributed by atoms with E-state index in [1.807, 2.05) is 69.3 Å². The molecule has 166 valence electrons. The summed E-state index contributed by atoms with van der Waals surface area (Å²) in [5.41, 5.74) is 3.22. The molecular formula is C26H34N2O3. The van der Waals surface area contributed by atoms with Gasteiger partial charge < -0.3 is 15.0 Å². The van der Waals surface area contributed by atoms with Gasteiger partial charge in [-0.15, -0.1) is 0 Å². The minimum Gasteiger partial charge on any atom is -0.484 e. The van der Waals surface area contributed by atoms with Gasteiger partial charge in [-0.2, -0.15) is 0 Å². The summed E-state index contributed by atoms with van der Waals surface area (Å²) in [4.78, 5) is 28.1. The van der Waals surface area contributed by atoms with Crippen LogP contribution in [-0.4, -0.2) is 35.4 Å². The van der Waals surface area contributed by atoms with Gasteiger partial charge in [-0.1, -0.05) is 56.2 Å². The van der Waals surface area contributed by atoms with Crippen LogP contribution in [0.15, 0.2) is 48.5 Å². The Kier molecular flexibility index (Phi) is 8.10. The molecule has 5 heteroatoms. The highest BCUT2D eigenvalue weighted by Crippen LogP contribution is 2.20. The van der Waals surface area contributed by atoms with Crippen LogP contribution in [0.5, 0.6) is 5.75 Å². The number of nitrogens with zero attached hydrogens (tertiary/aromatic N) is 1. The molecular weight excluding hydrogens is 388 g/mol. The quantitative estimate of drug-likeness (QED) is 0.645. The molecule has 2 amide bonds. The van der Waals surface area contributed by atoms with Gasteiger partial charge in [0.1, 0.15) is 11.8 Å². The summed E-state index contributed by atoms with van der Waals surface area (Å²) in [5, 5.41) is 3.17. The van der Waals surface area contributed by atoms with Gasteiger partial charge in [0.25, 0.3) is 5.91 Å². The maximum absolute atomic E-state index is 13.3. The summed E-state index contributed by atoms with van der Waals surface area (Å²) in [6.45, 7) is 6.26. The smallest absolute Gasteiger partial charge is 0.261 e. The molecule has 0 unspecified atom stereocenters. The van der Waals surface area contributed by atoms with Gasteiger partial charge in [-0.3, -0.25) is 9.59 Å². The number of rotatable bonds is 9. The monoisotopic (exact) mass is 422 g/mol. The van der Waals surface area contributed by atoms with Crippen molar-refractivity contribution in [2.45, 2.75) is 71.5 Å². The second-order valence-electron chi connectivity index (χ2n) is 8.47. The van der Waals surface area contributed by atoms with Crippen molar-refractivity contribution in [3.63, 3.8) is 0 Å². The third kappa shape index (κ3) is 6.33. The Hall–Kier alpha value is -2.82. The van der Waals surface area contributed by atoms with E-state index in [-0.39, 0.29) is 24.5 Å². The molecule has 1 fully saturated rings. The van der Waals surface area contributed by atoms with Crippen LogP contribution in [0.4, 0.5) is 0 Å². The highest BCUT2D eigenvalue weighted by atomic mass is 16.5. The van der Waals surface area contributed by atoms with Gasteiger partial charge in [0, 0.05) is 12.6 Å². The third-order valence-electron chi connectivity index (χ3n) is 6.04. The molecule has 5 nitrogen and oxygen atoms in total. The van der Waals surface area contributed by atoms with Crippen LogP contribution >= 0.6 is 0 Å². The Labute approximate surface area is 185 Å². The Balaban J connectivity index is 1.77. The van der Waals surface area contributed by atoms with Crippen LogP contribution in [0.2, 0.25) is 0 Å². The van der Waals surface area contributed by atoms with E-state index in [1.54, 1.807) is 4.90 Å². The molecule has 3 rings (SSSR count). The molecule has 2 aromatic rings. The predicted octanol–water partition coefficient (Wildman–Crippen LogP) is 4.55. The van der Waals surface area contributed by atoms with E-state index in [2.05, 4.69) is 5.32 Å². The average molecular weight is 423 g/mol. The molecule has 0 aromatic heterocycles. The van der Waals surface area contributed by atoms with E-state index in [1.165, 1.54) is 0 Å². The number of benzene rings is 2. The lowest BCUT2D eigenvalue weighted by Gasteiger charge is -2.32. The standard InChI is InChI=1S/C26H34N2O3/c1-4-24(26(30)27-22-13-7-8-14-22)28(17-21-12-6-5-11-20(21)3)25(29)18-31-23-15-9-10-19(2)16-23/h5-6,9-12,15-16,22,24H,4,7-8,13-14,17-18H2,1-3H3,(H,27,30)/t24-/m1/s1. The minimum atomic E-state index is -0.520. The van der Waals surface area contributed by atoms with Crippen LogP contribution in [0, 0.1) is 13.8 Å². The van der Waals surface area contributed by atoms with Crippen LogP contribution in [0.3, 0.4) is 0 Å². The van der Waals surface area contributed by atoms with Crippen molar-refractivity contribution in [2.24, 2.45) is 0 Å². The van der Waals surface area contributed by atoms with Gasteiger partial charge in [-0.25, -0.2) is 0 Å². The van der Waals surface area contributed by atoms with Crippen molar-refractivity contribution in [3.8, 4) is 5.75 Å². The van der Waals surface area contributed by atoms with Crippen LogP contribution in [0.1, 0.15) is 55.7 Å². The fourth-order valence-electron chi connectivity index (χ4n) is 4.19. The zero-order valence-corrected chi connectivity index (χ0v) is 18.9. The number of carbonyl (C=O) groups excluding carboxylic acids is 2. The number of hydrogen-bond donors (Lipinski definition) is 1. The SMILES string of the molecule is CC[C@H](C(=O)NC1CCCC1)N(Cc1ccccc1C)C(=O)COc1cccc(C)c1. The van der Waals surface area contributed by atoms with E-state index in [0.29, 0.717) is 18.7 Å². The molecule has 1 aliphatic carbocycles. The third-order valence-corrected chi connectivity index (χ3v) is 6.04. The fraction of sp³-hybridized carbons (Fsp3) is 0.462. The molecule has 1 saturated carbocycles. The first kappa shape index (κ1) is 22.9. The number of amides is 2. The molecule has 1 aliphatic rings. The number of aryl methyl sites for hydroxylation is 2. The normalized spacial score (nSPS) is 14.8. The van der Waals surface area contributed by atoms with E-state index in [4.69, 9.17) is 4.74 Å². The zero-order valence-electron chi connectivity index (χ0n) is 18.9. The highest BCUT2D eigenvalue weighted by Gasteiger charge is 2.31. The van der Waals surface area contributed by atoms with Gasteiger partial charge in [0.15, 0.2) is 6.61 Å². The van der Waals surface area contributed by atoms with Crippen LogP contribution in [-0.2, 0) is 16.1 Å². The van der Waals surface area contributed by atoms with Crippen LogP contribution < -0.4 is 10.1 Å². The second kappa shape index (κ2) is 11.0. The fourth-order valence-corrected chi connectivity index (χ4v) is 4.19. The van der Waals surface area contributed by atoms with Crippen molar-refractivity contribution in [1.29, 1.82) is 0 Å². The molecule has 0 aliphatic heterocycles. The molecule has 1 N–H and O–H groups in total. The van der Waals surface area contributed by atoms with Crippen LogP contribution in [0.25, 0.3) is 0 Å². The molecule has 0 radical (unpaired) electrons. The first-order valence-electron chi connectivity index (χ1n) is 11.3. The van der Waals surface area contributed by atoms with Crippen molar-refractivity contribution < 1.29 is 14.3 Å². The summed E-state index contributed by atoms with van der Waals surface area (Å²) < 4.78 is 5.78. The molecule has 31 heavy (non-hydrogen) atoms. The zero-order chi connectivity index (χ0) is 22.2. The summed E-state index contributed by atoms with van der Waals surface area (Å²) in [7, 11) is 0. The maximum atomic E-state index is 13.3. The second-order valence-corrected chi connectivity index (χ2v) is 8.47. The number of nitrogens with one attached hydrogen (secondary N) is 1. The molecule has 1 atom stereocenters. The van der Waals surface area contributed by atoms with Gasteiger partial charge >= 0.3 is 0 Å². The minimum absolute atomic E-state index is 0.0631. The average Bonchev–Trinajstić information content (AvgIpc) is 3.26. The van der Waals surface area contributed by atoms with E-state index in [9.17, 15) is 9.59 Å². The molecule has 2 aromatic carbocycles. The lowest BCUT2D eigenvalue weighted by molar-refractivity contribution is -0.143. The Morgan fingerprint density at radius 1 is 1.10 bits per heavy atom. The van der Waals surface area contributed by atoms with E-state index >= 15 is 0 Å². The topological polar surface area (TPSA) is 58.6 Å². The van der Waals surface area contributed by atoms with E-state index in [0.717, 1.165) is 42.4 Å². The predicted molar refractivity (Wildman–Crippen MR) is 123 cm³/mol. The lowest BCUT2D eigenvalue weighted by Crippen LogP contribution is -2.52. The summed E-state index contributed by atoms with van der Waals surface area (Å²) in [6.07, 6.45) is 4.89. The van der Waals surface area contributed by atoms with Crippen molar-refractivity contribution in [1.82, 2.24) is 10.2 Å². The molecule has 0 saturated heterocycles. The van der Waals surface area contributed by atoms with Crippen molar-refractivity contribution >= 4 is 11.8 Å². The largest absolute Gasteiger partial charge is 0.484 e. The maximum Gasteiger partial charge on any atom is 0.261 e. The van der Waals surface area contributed by atoms with Crippen molar-refractivity contribution in [2.75, 3.05) is 6.61 Å². The van der Waals surface area contributed by atoms with Crippen molar-refractivity contribution in [3.05, 3.63) is 65.2 Å². The number of carbonyl (C=O) groups is 2. The summed E-state index contributed by atoms with van der Waals surface area (Å²) in [5.74, 6) is 0.415.